The fraction of sp³-hybridized carbons (Fsp3) is 0.571. The summed E-state index contributed by atoms with van der Waals surface area (Å²) in [5.41, 5.74) is 0.0917. The third-order valence-corrected chi connectivity index (χ3v) is 3.25. The highest BCUT2D eigenvalue weighted by Gasteiger charge is 2.14. The van der Waals surface area contributed by atoms with Gasteiger partial charge in [0.2, 0.25) is 0 Å². The Labute approximate surface area is 120 Å². The summed E-state index contributed by atoms with van der Waals surface area (Å²) in [6.45, 7) is 9.32. The van der Waals surface area contributed by atoms with Crippen LogP contribution in [0.3, 0.4) is 0 Å². The summed E-state index contributed by atoms with van der Waals surface area (Å²) < 4.78 is 5.89. The second-order valence-electron chi connectivity index (χ2n) is 5.35. The fourth-order valence-corrected chi connectivity index (χ4v) is 1.72. The van der Waals surface area contributed by atoms with Crippen molar-refractivity contribution in [3.63, 3.8) is 0 Å². The summed E-state index contributed by atoms with van der Waals surface area (Å²) >= 11 is 11.8. The van der Waals surface area contributed by atoms with E-state index in [4.69, 9.17) is 27.9 Å². The highest BCUT2D eigenvalue weighted by molar-refractivity contribution is 6.42. The number of hydrogen-bond acceptors (Lipinski definition) is 2. The Bertz CT molecular complexity index is 388. The first-order valence-corrected chi connectivity index (χ1v) is 6.94. The van der Waals surface area contributed by atoms with Gasteiger partial charge in [0.05, 0.1) is 10.0 Å². The van der Waals surface area contributed by atoms with Gasteiger partial charge in [-0.15, -0.1) is 0 Å². The van der Waals surface area contributed by atoms with Crippen LogP contribution in [-0.4, -0.2) is 18.2 Å². The molecular weight excluding hydrogens is 269 g/mol. The minimum absolute atomic E-state index is 0.0917. The summed E-state index contributed by atoms with van der Waals surface area (Å²) in [6, 6.07) is 5.35. The van der Waals surface area contributed by atoms with Gasteiger partial charge in [-0.2, -0.15) is 0 Å². The van der Waals surface area contributed by atoms with Crippen molar-refractivity contribution in [1.82, 2.24) is 5.32 Å². The van der Waals surface area contributed by atoms with Crippen LogP contribution in [0.25, 0.3) is 0 Å². The molecule has 0 saturated carbocycles. The monoisotopic (exact) mass is 289 g/mol. The number of nitrogens with one attached hydrogen (secondary N) is 1. The lowest BCUT2D eigenvalue weighted by Crippen LogP contribution is -2.42. The van der Waals surface area contributed by atoms with Gasteiger partial charge in [-0.25, -0.2) is 0 Å². The van der Waals surface area contributed by atoms with Gasteiger partial charge in [0.15, 0.2) is 0 Å². The maximum absolute atomic E-state index is 5.96. The van der Waals surface area contributed by atoms with Crippen LogP contribution in [0.4, 0.5) is 0 Å². The molecule has 1 unspecified atom stereocenters. The van der Waals surface area contributed by atoms with Gasteiger partial charge in [-0.3, -0.25) is 0 Å². The lowest BCUT2D eigenvalue weighted by molar-refractivity contribution is 0.181. The van der Waals surface area contributed by atoms with Gasteiger partial charge in [0.1, 0.15) is 11.9 Å². The van der Waals surface area contributed by atoms with E-state index in [0.717, 1.165) is 18.7 Å². The lowest BCUT2D eigenvalue weighted by Gasteiger charge is -2.25. The molecule has 1 N–H and O–H groups in total. The molecule has 1 aromatic rings. The van der Waals surface area contributed by atoms with Gasteiger partial charge in [-0.05, 0) is 39.3 Å². The maximum Gasteiger partial charge on any atom is 0.121 e. The molecule has 1 aromatic carbocycles. The van der Waals surface area contributed by atoms with Crippen molar-refractivity contribution >= 4 is 23.2 Å². The molecule has 1 rings (SSSR count). The Morgan fingerprint density at radius 2 is 1.89 bits per heavy atom. The zero-order valence-electron chi connectivity index (χ0n) is 11.4. The second-order valence-corrected chi connectivity index (χ2v) is 6.17. The van der Waals surface area contributed by atoms with Crippen LogP contribution in [0.5, 0.6) is 5.75 Å². The van der Waals surface area contributed by atoms with E-state index < -0.39 is 0 Å². The van der Waals surface area contributed by atoms with Crippen LogP contribution in [-0.2, 0) is 0 Å². The Morgan fingerprint density at radius 3 is 2.39 bits per heavy atom. The molecule has 1 atom stereocenters. The van der Waals surface area contributed by atoms with Crippen molar-refractivity contribution in [1.29, 1.82) is 0 Å². The SMILES string of the molecule is CCC(CNC(C)(C)C)Oc1ccc(Cl)c(Cl)c1. The zero-order valence-corrected chi connectivity index (χ0v) is 12.9. The number of ether oxygens (including phenoxy) is 1. The molecule has 0 saturated heterocycles. The first kappa shape index (κ1) is 15.6. The second kappa shape index (κ2) is 6.65. The van der Waals surface area contributed by atoms with E-state index in [2.05, 4.69) is 33.0 Å². The largest absolute Gasteiger partial charge is 0.489 e. The smallest absolute Gasteiger partial charge is 0.121 e. The van der Waals surface area contributed by atoms with Crippen LogP contribution in [0.1, 0.15) is 34.1 Å². The molecule has 4 heteroatoms. The van der Waals surface area contributed by atoms with Crippen LogP contribution in [0, 0.1) is 0 Å². The molecule has 0 fully saturated rings. The Balaban J connectivity index is 2.59. The molecule has 0 amide bonds. The van der Waals surface area contributed by atoms with E-state index in [-0.39, 0.29) is 11.6 Å². The summed E-state index contributed by atoms with van der Waals surface area (Å²) in [5, 5.41) is 4.50. The van der Waals surface area contributed by atoms with Gasteiger partial charge in [0.25, 0.3) is 0 Å². The first-order valence-electron chi connectivity index (χ1n) is 6.18. The third kappa shape index (κ3) is 5.47. The molecule has 0 aliphatic rings. The molecule has 0 aliphatic carbocycles. The highest BCUT2D eigenvalue weighted by atomic mass is 35.5. The molecule has 2 nitrogen and oxygen atoms in total. The van der Waals surface area contributed by atoms with Gasteiger partial charge >= 0.3 is 0 Å². The molecule has 0 heterocycles. The molecule has 0 radical (unpaired) electrons. The summed E-state index contributed by atoms with van der Waals surface area (Å²) in [6.07, 6.45) is 1.06. The lowest BCUT2D eigenvalue weighted by atomic mass is 10.1. The minimum atomic E-state index is 0.0917. The van der Waals surface area contributed by atoms with Crippen molar-refractivity contribution in [2.24, 2.45) is 0 Å². The van der Waals surface area contributed by atoms with E-state index in [9.17, 15) is 0 Å². The van der Waals surface area contributed by atoms with Crippen LogP contribution >= 0.6 is 23.2 Å². The molecule has 0 aromatic heterocycles. The standard InChI is InChI=1S/C14H21Cl2NO/c1-5-10(9-17-14(2,3)4)18-11-6-7-12(15)13(16)8-11/h6-8,10,17H,5,9H2,1-4H3. The molecule has 0 aliphatic heterocycles. The maximum atomic E-state index is 5.96. The predicted molar refractivity (Wildman–Crippen MR) is 78.9 cm³/mol. The van der Waals surface area contributed by atoms with Gasteiger partial charge in [-0.1, -0.05) is 30.1 Å². The van der Waals surface area contributed by atoms with E-state index >= 15 is 0 Å². The average molecular weight is 290 g/mol. The highest BCUT2D eigenvalue weighted by Crippen LogP contribution is 2.27. The normalized spacial score (nSPS) is 13.4. The van der Waals surface area contributed by atoms with E-state index in [0.29, 0.717) is 10.0 Å². The molecule has 0 spiro atoms. The van der Waals surface area contributed by atoms with E-state index in [1.54, 1.807) is 12.1 Å². The van der Waals surface area contributed by atoms with Gasteiger partial charge in [0, 0.05) is 18.2 Å². The van der Waals surface area contributed by atoms with Crippen molar-refractivity contribution < 1.29 is 4.74 Å². The molecule has 18 heavy (non-hydrogen) atoms. The van der Waals surface area contributed by atoms with Crippen molar-refractivity contribution in [2.75, 3.05) is 6.54 Å². The van der Waals surface area contributed by atoms with Crippen LogP contribution in [0.2, 0.25) is 10.0 Å². The van der Waals surface area contributed by atoms with Gasteiger partial charge < -0.3 is 10.1 Å². The topological polar surface area (TPSA) is 21.3 Å². The Morgan fingerprint density at radius 1 is 1.22 bits per heavy atom. The Hall–Kier alpha value is -0.440. The number of rotatable bonds is 5. The summed E-state index contributed by atoms with van der Waals surface area (Å²) in [4.78, 5) is 0. The molecular formula is C14H21Cl2NO. The van der Waals surface area contributed by atoms with Crippen molar-refractivity contribution in [3.8, 4) is 5.75 Å². The van der Waals surface area contributed by atoms with Crippen LogP contribution < -0.4 is 10.1 Å². The number of halogens is 2. The minimum Gasteiger partial charge on any atom is -0.489 e. The third-order valence-electron chi connectivity index (χ3n) is 2.51. The van der Waals surface area contributed by atoms with E-state index in [1.807, 2.05) is 6.07 Å². The fourth-order valence-electron chi connectivity index (χ4n) is 1.43. The molecule has 0 bridgehead atoms. The Kier molecular flexibility index (Phi) is 5.77. The van der Waals surface area contributed by atoms with Crippen molar-refractivity contribution in [3.05, 3.63) is 28.2 Å². The predicted octanol–water partition coefficient (Wildman–Crippen LogP) is 4.54. The summed E-state index contributed by atoms with van der Waals surface area (Å²) in [5.74, 6) is 0.756. The van der Waals surface area contributed by atoms with E-state index in [1.165, 1.54) is 0 Å². The number of benzene rings is 1. The van der Waals surface area contributed by atoms with Crippen LogP contribution in [0.15, 0.2) is 18.2 Å². The summed E-state index contributed by atoms with van der Waals surface area (Å²) in [7, 11) is 0. The molecule has 102 valence electrons. The first-order chi connectivity index (χ1) is 8.31. The van der Waals surface area contributed by atoms with Crippen molar-refractivity contribution in [2.45, 2.75) is 45.8 Å². The average Bonchev–Trinajstić information content (AvgIpc) is 2.28. The zero-order chi connectivity index (χ0) is 13.8. The number of hydrogen-bond donors (Lipinski definition) is 1. The quantitative estimate of drug-likeness (QED) is 0.859.